The molecule has 7 heteroatoms. The zero-order valence-corrected chi connectivity index (χ0v) is 22.3. The molecule has 0 aliphatic rings. The summed E-state index contributed by atoms with van der Waals surface area (Å²) in [5.74, 6) is 0.873. The highest BCUT2D eigenvalue weighted by Crippen LogP contribution is 2.22. The average Bonchev–Trinajstić information content (AvgIpc) is 3.30. The number of carbonyl (C=O) groups is 2. The van der Waals surface area contributed by atoms with Crippen LogP contribution in [0, 0.1) is 13.8 Å². The molecule has 4 rings (SSSR count). The Balaban J connectivity index is 1.30. The number of carboxylic acid groups (broad SMARTS) is 1. The molecule has 200 valence electrons. The zero-order valence-electron chi connectivity index (χ0n) is 22.3. The van der Waals surface area contributed by atoms with Crippen molar-refractivity contribution in [3.8, 4) is 17.2 Å². The van der Waals surface area contributed by atoms with Crippen molar-refractivity contribution >= 4 is 11.8 Å². The number of hydrogen-bond donors (Lipinski definition) is 2. The molecule has 0 bridgehead atoms. The van der Waals surface area contributed by atoms with Gasteiger partial charge in [0.1, 0.15) is 17.6 Å². The molecule has 1 unspecified atom stereocenters. The van der Waals surface area contributed by atoms with E-state index in [1.807, 2.05) is 80.6 Å². The highest BCUT2D eigenvalue weighted by Gasteiger charge is 2.18. The Morgan fingerprint density at radius 3 is 2.36 bits per heavy atom. The Labute approximate surface area is 228 Å². The van der Waals surface area contributed by atoms with Gasteiger partial charge in [-0.2, -0.15) is 0 Å². The van der Waals surface area contributed by atoms with Crippen LogP contribution >= 0.6 is 0 Å². The Kier molecular flexibility index (Phi) is 8.94. The van der Waals surface area contributed by atoms with Crippen molar-refractivity contribution in [2.45, 2.75) is 39.7 Å². The SMILES string of the molecule is C/C(=C/C(=O)c1ccc(C)cc1)NC(Cc1ccc(OCCc2nc(-c3ccccc3)oc2C)cc1)C(=O)O. The molecular weight excluding hydrogens is 492 g/mol. The number of rotatable bonds is 12. The molecule has 1 heterocycles. The Bertz CT molecular complexity index is 1440. The fourth-order valence-electron chi connectivity index (χ4n) is 4.10. The molecule has 7 nitrogen and oxygen atoms in total. The zero-order chi connectivity index (χ0) is 27.8. The van der Waals surface area contributed by atoms with Gasteiger partial charge < -0.3 is 19.6 Å². The second-order valence-electron chi connectivity index (χ2n) is 9.43. The fourth-order valence-corrected chi connectivity index (χ4v) is 4.10. The van der Waals surface area contributed by atoms with Gasteiger partial charge in [0.15, 0.2) is 5.78 Å². The molecule has 1 atom stereocenters. The van der Waals surface area contributed by atoms with E-state index in [2.05, 4.69) is 10.3 Å². The second-order valence-corrected chi connectivity index (χ2v) is 9.43. The van der Waals surface area contributed by atoms with Crippen LogP contribution in [0.25, 0.3) is 11.5 Å². The average molecular weight is 525 g/mol. The molecule has 1 aromatic heterocycles. The van der Waals surface area contributed by atoms with Gasteiger partial charge in [-0.3, -0.25) is 4.79 Å². The standard InChI is InChI=1S/C32H32N2O5/c1-21-9-13-25(14-10-21)30(35)19-22(2)33-29(32(36)37)20-24-11-15-27(16-12-24)38-18-17-28-23(3)39-31(34-28)26-7-5-4-6-8-26/h4-16,19,29,33H,17-18,20H2,1-3H3,(H,36,37)/b22-19-. The Morgan fingerprint density at radius 1 is 1.00 bits per heavy atom. The van der Waals surface area contributed by atoms with Gasteiger partial charge >= 0.3 is 5.97 Å². The largest absolute Gasteiger partial charge is 0.493 e. The van der Waals surface area contributed by atoms with Crippen LogP contribution in [-0.4, -0.2) is 34.5 Å². The van der Waals surface area contributed by atoms with Gasteiger partial charge in [-0.05, 0) is 50.6 Å². The summed E-state index contributed by atoms with van der Waals surface area (Å²) >= 11 is 0. The van der Waals surface area contributed by atoms with Crippen molar-refractivity contribution in [1.29, 1.82) is 0 Å². The van der Waals surface area contributed by atoms with Crippen LogP contribution in [0.3, 0.4) is 0 Å². The smallest absolute Gasteiger partial charge is 0.326 e. The lowest BCUT2D eigenvalue weighted by molar-refractivity contribution is -0.139. The van der Waals surface area contributed by atoms with E-state index in [9.17, 15) is 14.7 Å². The Morgan fingerprint density at radius 2 is 1.69 bits per heavy atom. The maximum Gasteiger partial charge on any atom is 0.326 e. The first kappa shape index (κ1) is 27.4. The van der Waals surface area contributed by atoms with Crippen LogP contribution in [-0.2, 0) is 17.6 Å². The van der Waals surface area contributed by atoms with E-state index in [-0.39, 0.29) is 12.2 Å². The van der Waals surface area contributed by atoms with E-state index in [0.717, 1.165) is 28.1 Å². The molecule has 0 saturated carbocycles. The highest BCUT2D eigenvalue weighted by molar-refractivity contribution is 6.04. The number of oxazole rings is 1. The third-order valence-electron chi connectivity index (χ3n) is 6.27. The number of aromatic nitrogens is 1. The van der Waals surface area contributed by atoms with Crippen LogP contribution in [0.2, 0.25) is 0 Å². The lowest BCUT2D eigenvalue weighted by Crippen LogP contribution is -2.37. The molecule has 39 heavy (non-hydrogen) atoms. The molecule has 4 aromatic rings. The lowest BCUT2D eigenvalue weighted by atomic mass is 10.0. The summed E-state index contributed by atoms with van der Waals surface area (Å²) in [4.78, 5) is 29.0. The lowest BCUT2D eigenvalue weighted by Gasteiger charge is -2.16. The van der Waals surface area contributed by atoms with Crippen LogP contribution in [0.4, 0.5) is 0 Å². The number of aryl methyl sites for hydroxylation is 2. The molecule has 0 fully saturated rings. The predicted molar refractivity (Wildman–Crippen MR) is 150 cm³/mol. The monoisotopic (exact) mass is 524 g/mol. The van der Waals surface area contributed by atoms with Crippen molar-refractivity contribution in [1.82, 2.24) is 10.3 Å². The summed E-state index contributed by atoms with van der Waals surface area (Å²) in [6.07, 6.45) is 2.28. The number of carboxylic acids is 1. The van der Waals surface area contributed by atoms with E-state index in [4.69, 9.17) is 9.15 Å². The maximum atomic E-state index is 12.5. The molecule has 0 saturated heterocycles. The number of ether oxygens (including phenoxy) is 1. The number of nitrogens with one attached hydrogen (secondary N) is 1. The number of carbonyl (C=O) groups excluding carboxylic acids is 1. The summed E-state index contributed by atoms with van der Waals surface area (Å²) in [5.41, 5.74) is 4.73. The van der Waals surface area contributed by atoms with Crippen molar-refractivity contribution in [2.75, 3.05) is 6.61 Å². The summed E-state index contributed by atoms with van der Waals surface area (Å²) in [7, 11) is 0. The van der Waals surface area contributed by atoms with E-state index in [1.165, 1.54) is 6.08 Å². The number of benzene rings is 3. The predicted octanol–water partition coefficient (Wildman–Crippen LogP) is 5.95. The molecule has 0 amide bonds. The first-order valence-electron chi connectivity index (χ1n) is 12.8. The Hall–Kier alpha value is -4.65. The summed E-state index contributed by atoms with van der Waals surface area (Å²) in [6.45, 7) is 5.97. The van der Waals surface area contributed by atoms with E-state index >= 15 is 0 Å². The summed E-state index contributed by atoms with van der Waals surface area (Å²) < 4.78 is 11.7. The molecule has 2 N–H and O–H groups in total. The van der Waals surface area contributed by atoms with Crippen molar-refractivity contribution < 1.29 is 23.8 Å². The maximum absolute atomic E-state index is 12.5. The van der Waals surface area contributed by atoms with E-state index in [1.54, 1.807) is 19.1 Å². The number of allylic oxidation sites excluding steroid dienone is 2. The number of hydrogen-bond acceptors (Lipinski definition) is 6. The van der Waals surface area contributed by atoms with E-state index in [0.29, 0.717) is 35.9 Å². The molecule has 3 aromatic carbocycles. The number of nitrogens with zero attached hydrogens (tertiary/aromatic N) is 1. The number of ketones is 1. The highest BCUT2D eigenvalue weighted by atomic mass is 16.5. The van der Waals surface area contributed by atoms with Crippen molar-refractivity contribution in [2.24, 2.45) is 0 Å². The minimum absolute atomic E-state index is 0.178. The first-order chi connectivity index (χ1) is 18.8. The van der Waals surface area contributed by atoms with Gasteiger partial charge in [0.05, 0.1) is 12.3 Å². The second kappa shape index (κ2) is 12.7. The molecule has 0 spiro atoms. The van der Waals surface area contributed by atoms with Gasteiger partial charge in [-0.1, -0.05) is 60.2 Å². The molecule has 0 aliphatic carbocycles. The fraction of sp³-hybridized carbons (Fsp3) is 0.219. The minimum atomic E-state index is -0.997. The van der Waals surface area contributed by atoms with Crippen LogP contribution in [0.1, 0.15) is 39.9 Å². The minimum Gasteiger partial charge on any atom is -0.493 e. The molecular formula is C32H32N2O5. The van der Waals surface area contributed by atoms with Crippen molar-refractivity contribution in [3.05, 3.63) is 119 Å². The van der Waals surface area contributed by atoms with Gasteiger partial charge in [-0.15, -0.1) is 0 Å². The quantitative estimate of drug-likeness (QED) is 0.174. The van der Waals surface area contributed by atoms with Gasteiger partial charge in [0, 0.05) is 35.7 Å². The van der Waals surface area contributed by atoms with Crippen molar-refractivity contribution in [3.63, 3.8) is 0 Å². The number of aliphatic carboxylic acids is 1. The van der Waals surface area contributed by atoms with Crippen LogP contribution in [0.5, 0.6) is 5.75 Å². The molecule has 0 radical (unpaired) electrons. The molecule has 0 aliphatic heterocycles. The van der Waals surface area contributed by atoms with Gasteiger partial charge in [-0.25, -0.2) is 9.78 Å². The first-order valence-corrected chi connectivity index (χ1v) is 12.8. The third kappa shape index (κ3) is 7.68. The van der Waals surface area contributed by atoms with E-state index < -0.39 is 12.0 Å². The normalized spacial score (nSPS) is 12.1. The summed E-state index contributed by atoms with van der Waals surface area (Å²) in [6, 6.07) is 23.5. The summed E-state index contributed by atoms with van der Waals surface area (Å²) in [5, 5.41) is 12.7. The van der Waals surface area contributed by atoms with Crippen LogP contribution in [0.15, 0.2) is 95.1 Å². The van der Waals surface area contributed by atoms with Gasteiger partial charge in [0.25, 0.3) is 0 Å². The third-order valence-corrected chi connectivity index (χ3v) is 6.27. The van der Waals surface area contributed by atoms with Gasteiger partial charge in [0.2, 0.25) is 5.89 Å². The van der Waals surface area contributed by atoms with Crippen LogP contribution < -0.4 is 10.1 Å². The topological polar surface area (TPSA) is 102 Å².